The molecule has 3 aromatic rings. The number of halogens is 4. The zero-order chi connectivity index (χ0) is 22.4. The molecule has 3 aromatic carbocycles. The number of nitrogens with one attached hydrogen (secondary N) is 1. The molecule has 0 saturated heterocycles. The predicted octanol–water partition coefficient (Wildman–Crippen LogP) is 7.33. The molecule has 0 atom stereocenters. The molecule has 0 spiro atoms. The molecule has 0 aromatic heterocycles. The number of nitriles is 1. The van der Waals surface area contributed by atoms with Crippen molar-refractivity contribution in [2.75, 3.05) is 5.32 Å². The summed E-state index contributed by atoms with van der Waals surface area (Å²) in [6.07, 6.45) is 1.53. The minimum atomic E-state index is -0.568. The number of anilines is 1. The smallest absolute Gasteiger partial charge is 0.266 e. The Morgan fingerprint density at radius 3 is 2.39 bits per heavy atom. The van der Waals surface area contributed by atoms with Gasteiger partial charge >= 0.3 is 0 Å². The largest absolute Gasteiger partial charge is 0.487 e. The van der Waals surface area contributed by atoms with Crippen LogP contribution in [0.4, 0.5) is 5.69 Å². The van der Waals surface area contributed by atoms with E-state index in [4.69, 9.17) is 27.9 Å². The molecule has 0 bridgehead atoms. The van der Waals surface area contributed by atoms with E-state index in [-0.39, 0.29) is 5.57 Å². The topological polar surface area (TPSA) is 62.1 Å². The summed E-state index contributed by atoms with van der Waals surface area (Å²) >= 11 is 16.4. The fourth-order valence-electron chi connectivity index (χ4n) is 2.63. The first kappa shape index (κ1) is 23.9. The predicted molar refractivity (Wildman–Crippen MR) is 141 cm³/mol. The number of hydrogen-bond acceptors (Lipinski definition) is 3. The molecule has 0 unspecified atom stereocenters. The maximum atomic E-state index is 12.6. The van der Waals surface area contributed by atoms with Crippen LogP contribution in [0.25, 0.3) is 6.08 Å². The number of ether oxygens (including phenoxy) is 1. The standard InChI is InChI=1S/C23H14Cl2I2N2O2/c24-17-6-7-18(25)21(11-17)29-23(30)16(12-28)8-15-9-19(26)22(20(27)10-15)31-13-14-4-2-1-3-5-14/h1-11H,13H2,(H,29,30)/b16-8+. The van der Waals surface area contributed by atoms with E-state index < -0.39 is 5.91 Å². The second-order valence-electron chi connectivity index (χ2n) is 6.34. The van der Waals surface area contributed by atoms with Crippen LogP contribution in [0.5, 0.6) is 5.75 Å². The SMILES string of the molecule is N#C/C(=C\c1cc(I)c(OCc2ccccc2)c(I)c1)C(=O)Nc1cc(Cl)ccc1Cl. The summed E-state index contributed by atoms with van der Waals surface area (Å²) in [4.78, 5) is 12.6. The molecular formula is C23H14Cl2I2N2O2. The lowest BCUT2D eigenvalue weighted by molar-refractivity contribution is -0.112. The van der Waals surface area contributed by atoms with E-state index in [1.54, 1.807) is 12.1 Å². The number of carbonyl (C=O) groups excluding carboxylic acids is 1. The zero-order valence-electron chi connectivity index (χ0n) is 15.8. The quantitative estimate of drug-likeness (QED) is 0.169. The molecule has 0 fully saturated rings. The van der Waals surface area contributed by atoms with Crippen molar-refractivity contribution >= 4 is 86.1 Å². The van der Waals surface area contributed by atoms with Crippen molar-refractivity contribution < 1.29 is 9.53 Å². The Morgan fingerprint density at radius 1 is 1.06 bits per heavy atom. The normalized spacial score (nSPS) is 11.0. The highest BCUT2D eigenvalue weighted by Gasteiger charge is 2.14. The third-order valence-corrected chi connectivity index (χ3v) is 6.27. The second kappa shape index (κ2) is 11.2. The molecule has 3 rings (SSSR count). The number of carbonyl (C=O) groups is 1. The highest BCUT2D eigenvalue weighted by Crippen LogP contribution is 2.31. The third-order valence-electron chi connectivity index (χ3n) is 4.10. The van der Waals surface area contributed by atoms with Gasteiger partial charge in [-0.2, -0.15) is 5.26 Å². The number of rotatable bonds is 6. The minimum absolute atomic E-state index is 0.0550. The summed E-state index contributed by atoms with van der Waals surface area (Å²) in [5.74, 6) is 0.192. The van der Waals surface area contributed by atoms with Crippen LogP contribution in [0.2, 0.25) is 10.0 Å². The molecule has 8 heteroatoms. The van der Waals surface area contributed by atoms with E-state index in [2.05, 4.69) is 50.5 Å². The maximum absolute atomic E-state index is 12.6. The Bertz CT molecular complexity index is 1170. The third kappa shape index (κ3) is 6.59. The number of nitrogens with zero attached hydrogens (tertiary/aromatic N) is 1. The summed E-state index contributed by atoms with van der Waals surface area (Å²) in [5, 5.41) is 12.9. The van der Waals surface area contributed by atoms with Gasteiger partial charge in [0, 0.05) is 5.02 Å². The first-order valence-corrected chi connectivity index (χ1v) is 11.8. The van der Waals surface area contributed by atoms with Crippen molar-refractivity contribution in [1.82, 2.24) is 0 Å². The molecule has 1 amide bonds. The molecule has 4 nitrogen and oxygen atoms in total. The minimum Gasteiger partial charge on any atom is -0.487 e. The lowest BCUT2D eigenvalue weighted by atomic mass is 10.1. The second-order valence-corrected chi connectivity index (χ2v) is 9.50. The lowest BCUT2D eigenvalue weighted by Crippen LogP contribution is -2.13. The highest BCUT2D eigenvalue weighted by molar-refractivity contribution is 14.1. The van der Waals surface area contributed by atoms with Crippen LogP contribution < -0.4 is 10.1 Å². The number of amides is 1. The maximum Gasteiger partial charge on any atom is 0.266 e. The molecule has 1 N–H and O–H groups in total. The average Bonchev–Trinajstić information content (AvgIpc) is 2.74. The summed E-state index contributed by atoms with van der Waals surface area (Å²) in [7, 11) is 0. The van der Waals surface area contributed by atoms with E-state index >= 15 is 0 Å². The first-order chi connectivity index (χ1) is 14.9. The Hall–Kier alpha value is -1.80. The first-order valence-electron chi connectivity index (χ1n) is 8.91. The number of benzene rings is 3. The van der Waals surface area contributed by atoms with E-state index in [1.165, 1.54) is 12.1 Å². The van der Waals surface area contributed by atoms with Crippen molar-refractivity contribution in [2.24, 2.45) is 0 Å². The van der Waals surface area contributed by atoms with Gasteiger partial charge in [-0.05, 0) is 92.7 Å². The van der Waals surface area contributed by atoms with E-state index in [1.807, 2.05) is 48.5 Å². The van der Waals surface area contributed by atoms with Gasteiger partial charge in [-0.25, -0.2) is 0 Å². The van der Waals surface area contributed by atoms with Gasteiger partial charge in [-0.3, -0.25) is 4.79 Å². The Kier molecular flexibility index (Phi) is 8.60. The van der Waals surface area contributed by atoms with Crippen LogP contribution in [-0.2, 0) is 11.4 Å². The summed E-state index contributed by atoms with van der Waals surface area (Å²) < 4.78 is 7.74. The van der Waals surface area contributed by atoms with Crippen LogP contribution in [-0.4, -0.2) is 5.91 Å². The van der Waals surface area contributed by atoms with Gasteiger partial charge < -0.3 is 10.1 Å². The molecule has 0 radical (unpaired) electrons. The molecule has 0 aliphatic rings. The molecule has 0 aliphatic carbocycles. The van der Waals surface area contributed by atoms with E-state index in [0.29, 0.717) is 27.9 Å². The van der Waals surface area contributed by atoms with Crippen LogP contribution in [0.3, 0.4) is 0 Å². The van der Waals surface area contributed by atoms with Crippen LogP contribution in [0.15, 0.2) is 66.2 Å². The molecular weight excluding hydrogens is 661 g/mol. The van der Waals surface area contributed by atoms with Crippen molar-refractivity contribution in [2.45, 2.75) is 6.61 Å². The molecule has 0 saturated carbocycles. The highest BCUT2D eigenvalue weighted by atomic mass is 127. The Morgan fingerprint density at radius 2 is 1.74 bits per heavy atom. The lowest BCUT2D eigenvalue weighted by Gasteiger charge is -2.12. The van der Waals surface area contributed by atoms with Gasteiger partial charge in [0.15, 0.2) is 0 Å². The van der Waals surface area contributed by atoms with E-state index in [9.17, 15) is 10.1 Å². The monoisotopic (exact) mass is 674 g/mol. The van der Waals surface area contributed by atoms with Crippen molar-refractivity contribution in [3.8, 4) is 11.8 Å². The average molecular weight is 675 g/mol. The van der Waals surface area contributed by atoms with Gasteiger partial charge in [0.1, 0.15) is 24.0 Å². The van der Waals surface area contributed by atoms with Gasteiger partial charge in [0.05, 0.1) is 17.9 Å². The summed E-state index contributed by atoms with van der Waals surface area (Å²) in [6.45, 7) is 0.453. The Labute approximate surface area is 217 Å². The van der Waals surface area contributed by atoms with Gasteiger partial charge in [-0.15, -0.1) is 0 Å². The van der Waals surface area contributed by atoms with Crippen molar-refractivity contribution in [1.29, 1.82) is 5.26 Å². The molecule has 31 heavy (non-hydrogen) atoms. The van der Waals surface area contributed by atoms with Crippen LogP contribution in [0, 0.1) is 18.5 Å². The molecule has 156 valence electrons. The van der Waals surface area contributed by atoms with Gasteiger partial charge in [0.25, 0.3) is 5.91 Å². The van der Waals surface area contributed by atoms with Crippen LogP contribution >= 0.6 is 68.4 Å². The van der Waals surface area contributed by atoms with E-state index in [0.717, 1.165) is 18.5 Å². The molecule has 0 heterocycles. The van der Waals surface area contributed by atoms with Crippen molar-refractivity contribution in [3.05, 3.63) is 94.5 Å². The van der Waals surface area contributed by atoms with Crippen LogP contribution in [0.1, 0.15) is 11.1 Å². The summed E-state index contributed by atoms with van der Waals surface area (Å²) in [6, 6.07) is 20.3. The summed E-state index contributed by atoms with van der Waals surface area (Å²) in [5.41, 5.74) is 2.07. The number of hydrogen-bond donors (Lipinski definition) is 1. The molecule has 0 aliphatic heterocycles. The van der Waals surface area contributed by atoms with Gasteiger partial charge in [-0.1, -0.05) is 53.5 Å². The van der Waals surface area contributed by atoms with Gasteiger partial charge in [0.2, 0.25) is 0 Å². The Balaban J connectivity index is 1.79. The zero-order valence-corrected chi connectivity index (χ0v) is 21.7. The van der Waals surface area contributed by atoms with Crippen molar-refractivity contribution in [3.63, 3.8) is 0 Å². The fourth-order valence-corrected chi connectivity index (χ4v) is 5.09. The fraction of sp³-hybridized carbons (Fsp3) is 0.0435.